The van der Waals surface area contributed by atoms with E-state index in [4.69, 9.17) is 0 Å². The van der Waals surface area contributed by atoms with Crippen molar-refractivity contribution in [3.63, 3.8) is 0 Å². The largest absolute Gasteiger partial charge is 0.393 e. The minimum Gasteiger partial charge on any atom is -0.393 e. The molecule has 2 rings (SSSR count). The SMILES string of the molecule is CC(C)(O)CCc1ccc(CN2CCC[C@@](O)(CO)C2)cc1. The van der Waals surface area contributed by atoms with Crippen molar-refractivity contribution in [3.05, 3.63) is 35.4 Å². The number of hydrogen-bond donors (Lipinski definition) is 3. The molecule has 0 radical (unpaired) electrons. The predicted molar refractivity (Wildman–Crippen MR) is 87.6 cm³/mol. The Morgan fingerprint density at radius 3 is 2.41 bits per heavy atom. The van der Waals surface area contributed by atoms with Crippen LogP contribution in [0.25, 0.3) is 0 Å². The fourth-order valence-electron chi connectivity index (χ4n) is 2.99. The third-order valence-corrected chi connectivity index (χ3v) is 4.38. The number of rotatable bonds is 6. The smallest absolute Gasteiger partial charge is 0.100 e. The molecular formula is C18H29NO3. The zero-order valence-electron chi connectivity index (χ0n) is 13.8. The Balaban J connectivity index is 1.88. The molecule has 0 aliphatic carbocycles. The summed E-state index contributed by atoms with van der Waals surface area (Å²) in [7, 11) is 0. The molecule has 124 valence electrons. The molecular weight excluding hydrogens is 278 g/mol. The van der Waals surface area contributed by atoms with E-state index in [2.05, 4.69) is 29.2 Å². The third-order valence-electron chi connectivity index (χ3n) is 4.38. The molecule has 1 aliphatic heterocycles. The molecule has 0 aromatic heterocycles. The van der Waals surface area contributed by atoms with Crippen LogP contribution in [0.3, 0.4) is 0 Å². The summed E-state index contributed by atoms with van der Waals surface area (Å²) < 4.78 is 0. The molecule has 22 heavy (non-hydrogen) atoms. The lowest BCUT2D eigenvalue weighted by atomic mass is 9.93. The summed E-state index contributed by atoms with van der Waals surface area (Å²) in [6.07, 6.45) is 3.22. The second-order valence-electron chi connectivity index (χ2n) is 7.33. The molecule has 1 aliphatic rings. The van der Waals surface area contributed by atoms with Gasteiger partial charge in [-0.3, -0.25) is 4.90 Å². The first-order valence-electron chi connectivity index (χ1n) is 8.15. The second-order valence-corrected chi connectivity index (χ2v) is 7.33. The van der Waals surface area contributed by atoms with Crippen LogP contribution in [-0.2, 0) is 13.0 Å². The number of aryl methyl sites for hydroxylation is 1. The molecule has 1 aromatic carbocycles. The van der Waals surface area contributed by atoms with Crippen molar-refractivity contribution in [2.24, 2.45) is 0 Å². The Bertz CT molecular complexity index is 466. The minimum absolute atomic E-state index is 0.167. The number of piperidine rings is 1. The van der Waals surface area contributed by atoms with Crippen LogP contribution < -0.4 is 0 Å². The van der Waals surface area contributed by atoms with E-state index in [-0.39, 0.29) is 6.61 Å². The standard InChI is InChI=1S/C18H29NO3/c1-17(2,21)10-8-15-4-6-16(7-5-15)12-19-11-3-9-18(22,13-19)14-20/h4-7,20-22H,3,8-14H2,1-2H3/t18-/m0/s1. The van der Waals surface area contributed by atoms with Crippen molar-refractivity contribution in [2.75, 3.05) is 19.7 Å². The Kier molecular flexibility index (Phi) is 5.61. The molecule has 0 bridgehead atoms. The van der Waals surface area contributed by atoms with Crippen LogP contribution in [0.15, 0.2) is 24.3 Å². The fourth-order valence-corrected chi connectivity index (χ4v) is 2.99. The van der Waals surface area contributed by atoms with Gasteiger partial charge in [0, 0.05) is 13.1 Å². The van der Waals surface area contributed by atoms with E-state index in [0.29, 0.717) is 13.0 Å². The molecule has 4 heteroatoms. The minimum atomic E-state index is -0.940. The number of β-amino-alcohol motifs (C(OH)–C–C–N with tert-alkyl or cyclic N) is 1. The molecule has 1 fully saturated rings. The van der Waals surface area contributed by atoms with Gasteiger partial charge >= 0.3 is 0 Å². The normalized spacial score (nSPS) is 23.7. The number of aliphatic hydroxyl groups excluding tert-OH is 1. The lowest BCUT2D eigenvalue weighted by Crippen LogP contribution is -2.49. The number of aliphatic hydroxyl groups is 3. The summed E-state index contributed by atoms with van der Waals surface area (Å²) in [6, 6.07) is 8.46. The lowest BCUT2D eigenvalue weighted by Gasteiger charge is -2.38. The van der Waals surface area contributed by atoms with Crippen LogP contribution in [0, 0.1) is 0 Å². The summed E-state index contributed by atoms with van der Waals surface area (Å²) in [5, 5.41) is 29.3. The highest BCUT2D eigenvalue weighted by Gasteiger charge is 2.32. The average molecular weight is 307 g/mol. The van der Waals surface area contributed by atoms with Gasteiger partial charge in [0.15, 0.2) is 0 Å². The number of benzene rings is 1. The number of hydrogen-bond acceptors (Lipinski definition) is 4. The van der Waals surface area contributed by atoms with Gasteiger partial charge < -0.3 is 15.3 Å². The first-order chi connectivity index (χ1) is 10.3. The van der Waals surface area contributed by atoms with Crippen LogP contribution in [0.4, 0.5) is 0 Å². The Morgan fingerprint density at radius 2 is 1.82 bits per heavy atom. The Labute approximate surface area is 133 Å². The van der Waals surface area contributed by atoms with Gasteiger partial charge in [0.25, 0.3) is 0 Å². The quantitative estimate of drug-likeness (QED) is 0.749. The topological polar surface area (TPSA) is 63.9 Å². The maximum Gasteiger partial charge on any atom is 0.100 e. The van der Waals surface area contributed by atoms with E-state index in [9.17, 15) is 15.3 Å². The fraction of sp³-hybridized carbons (Fsp3) is 0.667. The van der Waals surface area contributed by atoms with Crippen molar-refractivity contribution >= 4 is 0 Å². The van der Waals surface area contributed by atoms with Crippen molar-refractivity contribution in [3.8, 4) is 0 Å². The van der Waals surface area contributed by atoms with Crippen LogP contribution in [0.5, 0.6) is 0 Å². The molecule has 1 saturated heterocycles. The van der Waals surface area contributed by atoms with Gasteiger partial charge in [0.1, 0.15) is 5.60 Å². The van der Waals surface area contributed by atoms with E-state index in [1.807, 2.05) is 13.8 Å². The van der Waals surface area contributed by atoms with Gasteiger partial charge in [0.2, 0.25) is 0 Å². The highest BCUT2D eigenvalue weighted by atomic mass is 16.3. The summed E-state index contributed by atoms with van der Waals surface area (Å²) in [5.74, 6) is 0. The molecule has 3 N–H and O–H groups in total. The van der Waals surface area contributed by atoms with Crippen LogP contribution in [0.1, 0.15) is 44.2 Å². The Morgan fingerprint density at radius 1 is 1.18 bits per heavy atom. The maximum absolute atomic E-state index is 10.2. The zero-order chi connectivity index (χ0) is 16.2. The predicted octanol–water partition coefficient (Wildman–Crippen LogP) is 1.71. The zero-order valence-corrected chi connectivity index (χ0v) is 13.8. The summed E-state index contributed by atoms with van der Waals surface area (Å²) in [6.45, 7) is 5.79. The molecule has 1 atom stereocenters. The van der Waals surface area contributed by atoms with Gasteiger partial charge in [0.05, 0.1) is 12.2 Å². The van der Waals surface area contributed by atoms with Crippen molar-refractivity contribution in [2.45, 2.75) is 57.3 Å². The summed E-state index contributed by atoms with van der Waals surface area (Å²) in [4.78, 5) is 2.20. The van der Waals surface area contributed by atoms with E-state index in [0.717, 1.165) is 32.4 Å². The molecule has 0 saturated carbocycles. The molecule has 0 unspecified atom stereocenters. The number of nitrogens with zero attached hydrogens (tertiary/aromatic N) is 1. The summed E-state index contributed by atoms with van der Waals surface area (Å²) >= 11 is 0. The maximum atomic E-state index is 10.2. The molecule has 4 nitrogen and oxygen atoms in total. The van der Waals surface area contributed by atoms with E-state index in [1.54, 1.807) is 0 Å². The first-order valence-corrected chi connectivity index (χ1v) is 8.15. The van der Waals surface area contributed by atoms with Gasteiger partial charge in [-0.05, 0) is 57.2 Å². The highest BCUT2D eigenvalue weighted by Crippen LogP contribution is 2.22. The van der Waals surface area contributed by atoms with Crippen LogP contribution in [-0.4, -0.2) is 51.1 Å². The first kappa shape index (κ1) is 17.4. The Hall–Kier alpha value is -0.940. The molecule has 0 amide bonds. The van der Waals surface area contributed by atoms with Gasteiger partial charge in [-0.15, -0.1) is 0 Å². The number of likely N-dealkylation sites (tertiary alicyclic amines) is 1. The average Bonchev–Trinajstić information content (AvgIpc) is 2.46. The molecule has 1 aromatic rings. The molecule has 0 spiro atoms. The van der Waals surface area contributed by atoms with E-state index in [1.165, 1.54) is 11.1 Å². The van der Waals surface area contributed by atoms with Crippen LogP contribution in [0.2, 0.25) is 0 Å². The van der Waals surface area contributed by atoms with Gasteiger partial charge in [-0.2, -0.15) is 0 Å². The molecule has 1 heterocycles. The third kappa shape index (κ3) is 5.36. The highest BCUT2D eigenvalue weighted by molar-refractivity contribution is 5.23. The van der Waals surface area contributed by atoms with Gasteiger partial charge in [-0.1, -0.05) is 24.3 Å². The van der Waals surface area contributed by atoms with Crippen molar-refractivity contribution in [1.29, 1.82) is 0 Å². The van der Waals surface area contributed by atoms with Crippen molar-refractivity contribution < 1.29 is 15.3 Å². The summed E-state index contributed by atoms with van der Waals surface area (Å²) in [5.41, 5.74) is 0.886. The van der Waals surface area contributed by atoms with Crippen LogP contribution >= 0.6 is 0 Å². The monoisotopic (exact) mass is 307 g/mol. The van der Waals surface area contributed by atoms with E-state index < -0.39 is 11.2 Å². The lowest BCUT2D eigenvalue weighted by molar-refractivity contribution is -0.0687. The second kappa shape index (κ2) is 7.09. The van der Waals surface area contributed by atoms with Gasteiger partial charge in [-0.25, -0.2) is 0 Å². The van der Waals surface area contributed by atoms with Crippen molar-refractivity contribution in [1.82, 2.24) is 4.90 Å². The van der Waals surface area contributed by atoms with E-state index >= 15 is 0 Å².